The van der Waals surface area contributed by atoms with Crippen molar-refractivity contribution in [2.75, 3.05) is 27.2 Å². The van der Waals surface area contributed by atoms with Crippen molar-refractivity contribution < 1.29 is 4.74 Å². The third-order valence-electron chi connectivity index (χ3n) is 5.25. The van der Waals surface area contributed by atoms with Crippen molar-refractivity contribution in [1.29, 1.82) is 0 Å². The Balaban J connectivity index is 1.92. The van der Waals surface area contributed by atoms with Gasteiger partial charge >= 0.3 is 0 Å². The fraction of sp³-hybridized carbons (Fsp3) is 1.00. The second kappa shape index (κ2) is 7.05. The zero-order valence-electron chi connectivity index (χ0n) is 13.2. The molecule has 1 saturated carbocycles. The van der Waals surface area contributed by atoms with E-state index in [2.05, 4.69) is 38.2 Å². The number of nitrogens with one attached hydrogen (secondary N) is 1. The molecule has 0 bridgehead atoms. The molecule has 0 aromatic heterocycles. The predicted octanol–water partition coefficient (Wildman–Crippen LogP) is 2.51. The number of likely N-dealkylation sites (N-methyl/N-ethyl adjacent to an activating group) is 2. The number of nitrogens with zero attached hydrogens (tertiary/aromatic N) is 1. The first-order valence-corrected chi connectivity index (χ1v) is 8.11. The van der Waals surface area contributed by atoms with Crippen LogP contribution >= 0.6 is 0 Å². The summed E-state index contributed by atoms with van der Waals surface area (Å²) >= 11 is 0. The third kappa shape index (κ3) is 3.93. The largest absolute Gasteiger partial charge is 0.377 e. The summed E-state index contributed by atoms with van der Waals surface area (Å²) in [6.45, 7) is 6.82. The van der Waals surface area contributed by atoms with E-state index >= 15 is 0 Å². The monoisotopic (exact) mass is 268 g/mol. The van der Waals surface area contributed by atoms with Crippen LogP contribution in [0.3, 0.4) is 0 Å². The van der Waals surface area contributed by atoms with Crippen LogP contribution in [0.2, 0.25) is 0 Å². The summed E-state index contributed by atoms with van der Waals surface area (Å²) < 4.78 is 5.80. The Kier molecular flexibility index (Phi) is 5.67. The van der Waals surface area contributed by atoms with Gasteiger partial charge in [-0.05, 0) is 58.0 Å². The first-order chi connectivity index (χ1) is 9.11. The smallest absolute Gasteiger partial charge is 0.0702 e. The molecular weight excluding hydrogens is 236 g/mol. The van der Waals surface area contributed by atoms with Crippen LogP contribution in [-0.4, -0.2) is 50.3 Å². The Morgan fingerprint density at radius 1 is 1.26 bits per heavy atom. The predicted molar refractivity (Wildman–Crippen MR) is 80.4 cm³/mol. The number of hydrogen-bond donors (Lipinski definition) is 1. The first-order valence-electron chi connectivity index (χ1n) is 8.11. The average molecular weight is 268 g/mol. The highest BCUT2D eigenvalue weighted by atomic mass is 16.5. The number of hydrogen-bond acceptors (Lipinski definition) is 3. The highest BCUT2D eigenvalue weighted by Crippen LogP contribution is 2.32. The summed E-state index contributed by atoms with van der Waals surface area (Å²) in [5, 5.41) is 3.54. The van der Waals surface area contributed by atoms with E-state index in [-0.39, 0.29) is 0 Å². The standard InChI is InChI=1S/C16H32N2O/c1-12(2)13-7-8-15(17-3)16(10-13)18(4)11-14-6-5-9-19-14/h12-17H,5-11H2,1-4H3. The van der Waals surface area contributed by atoms with E-state index in [0.717, 1.165) is 25.0 Å². The SMILES string of the molecule is CNC1CCC(C(C)C)CC1N(C)CC1CCCO1. The summed E-state index contributed by atoms with van der Waals surface area (Å²) in [7, 11) is 4.41. The Morgan fingerprint density at radius 3 is 2.63 bits per heavy atom. The van der Waals surface area contributed by atoms with Crippen molar-refractivity contribution in [3.63, 3.8) is 0 Å². The molecule has 4 atom stereocenters. The molecule has 3 nitrogen and oxygen atoms in total. The fourth-order valence-corrected chi connectivity index (χ4v) is 3.85. The molecule has 4 unspecified atom stereocenters. The Labute approximate surface area is 119 Å². The molecule has 0 radical (unpaired) electrons. The second-order valence-electron chi connectivity index (χ2n) is 6.85. The molecule has 112 valence electrons. The molecular formula is C16H32N2O. The van der Waals surface area contributed by atoms with Crippen molar-refractivity contribution in [3.05, 3.63) is 0 Å². The minimum Gasteiger partial charge on any atom is -0.377 e. The van der Waals surface area contributed by atoms with Crippen LogP contribution in [0.25, 0.3) is 0 Å². The van der Waals surface area contributed by atoms with Gasteiger partial charge in [0.1, 0.15) is 0 Å². The average Bonchev–Trinajstić information content (AvgIpc) is 2.90. The highest BCUT2D eigenvalue weighted by Gasteiger charge is 2.34. The van der Waals surface area contributed by atoms with Crippen molar-refractivity contribution >= 4 is 0 Å². The molecule has 0 aromatic carbocycles. The van der Waals surface area contributed by atoms with Crippen molar-refractivity contribution in [3.8, 4) is 0 Å². The second-order valence-corrected chi connectivity index (χ2v) is 6.85. The van der Waals surface area contributed by atoms with Gasteiger partial charge in [-0.2, -0.15) is 0 Å². The van der Waals surface area contributed by atoms with E-state index in [1.54, 1.807) is 0 Å². The highest BCUT2D eigenvalue weighted by molar-refractivity contribution is 4.91. The van der Waals surface area contributed by atoms with Gasteiger partial charge in [0, 0.05) is 25.2 Å². The molecule has 19 heavy (non-hydrogen) atoms. The first kappa shape index (κ1) is 15.3. The minimum absolute atomic E-state index is 0.474. The Bertz CT molecular complexity index is 263. The molecule has 1 aliphatic heterocycles. The van der Waals surface area contributed by atoms with Gasteiger partial charge in [-0.3, -0.25) is 4.90 Å². The number of ether oxygens (including phenoxy) is 1. The van der Waals surface area contributed by atoms with Crippen LogP contribution in [0.15, 0.2) is 0 Å². The van der Waals surface area contributed by atoms with Crippen LogP contribution in [0, 0.1) is 11.8 Å². The lowest BCUT2D eigenvalue weighted by Gasteiger charge is -2.43. The summed E-state index contributed by atoms with van der Waals surface area (Å²) in [4.78, 5) is 2.56. The zero-order chi connectivity index (χ0) is 13.8. The summed E-state index contributed by atoms with van der Waals surface area (Å²) in [6, 6.07) is 1.33. The molecule has 0 amide bonds. The lowest BCUT2D eigenvalue weighted by Crippen LogP contribution is -2.53. The lowest BCUT2D eigenvalue weighted by atomic mass is 9.76. The van der Waals surface area contributed by atoms with Gasteiger partial charge in [-0.15, -0.1) is 0 Å². The van der Waals surface area contributed by atoms with Crippen LogP contribution in [0.5, 0.6) is 0 Å². The third-order valence-corrected chi connectivity index (χ3v) is 5.25. The Hall–Kier alpha value is -0.120. The maximum atomic E-state index is 5.80. The van der Waals surface area contributed by atoms with Crippen LogP contribution in [0.4, 0.5) is 0 Å². The fourth-order valence-electron chi connectivity index (χ4n) is 3.85. The molecule has 2 aliphatic rings. The maximum absolute atomic E-state index is 5.80. The van der Waals surface area contributed by atoms with E-state index < -0.39 is 0 Å². The maximum Gasteiger partial charge on any atom is 0.0702 e. The molecule has 1 heterocycles. The molecule has 2 rings (SSSR count). The van der Waals surface area contributed by atoms with E-state index in [1.807, 2.05) is 0 Å². The van der Waals surface area contributed by atoms with Crippen LogP contribution in [0.1, 0.15) is 46.0 Å². The van der Waals surface area contributed by atoms with E-state index in [9.17, 15) is 0 Å². The molecule has 1 aliphatic carbocycles. The quantitative estimate of drug-likeness (QED) is 0.829. The topological polar surface area (TPSA) is 24.5 Å². The van der Waals surface area contributed by atoms with Gasteiger partial charge in [0.2, 0.25) is 0 Å². The van der Waals surface area contributed by atoms with E-state index in [1.165, 1.54) is 32.1 Å². The van der Waals surface area contributed by atoms with Gasteiger partial charge in [0.15, 0.2) is 0 Å². The summed E-state index contributed by atoms with van der Waals surface area (Å²) in [5.74, 6) is 1.71. The van der Waals surface area contributed by atoms with Crippen LogP contribution < -0.4 is 5.32 Å². The van der Waals surface area contributed by atoms with Crippen LogP contribution in [-0.2, 0) is 4.74 Å². The Morgan fingerprint density at radius 2 is 2.05 bits per heavy atom. The van der Waals surface area contributed by atoms with E-state index in [0.29, 0.717) is 18.2 Å². The zero-order valence-corrected chi connectivity index (χ0v) is 13.2. The van der Waals surface area contributed by atoms with Gasteiger partial charge in [0.05, 0.1) is 6.10 Å². The minimum atomic E-state index is 0.474. The number of rotatable bonds is 5. The summed E-state index contributed by atoms with van der Waals surface area (Å²) in [6.07, 6.45) is 7.00. The van der Waals surface area contributed by atoms with Crippen molar-refractivity contribution in [2.24, 2.45) is 11.8 Å². The molecule has 0 aromatic rings. The molecule has 3 heteroatoms. The lowest BCUT2D eigenvalue weighted by molar-refractivity contribution is 0.0410. The molecule has 1 saturated heterocycles. The van der Waals surface area contributed by atoms with Crippen molar-refractivity contribution in [2.45, 2.75) is 64.1 Å². The van der Waals surface area contributed by atoms with Gasteiger partial charge in [0.25, 0.3) is 0 Å². The molecule has 1 N–H and O–H groups in total. The van der Waals surface area contributed by atoms with Gasteiger partial charge < -0.3 is 10.1 Å². The summed E-state index contributed by atoms with van der Waals surface area (Å²) in [5.41, 5.74) is 0. The van der Waals surface area contributed by atoms with Gasteiger partial charge in [-0.1, -0.05) is 13.8 Å². The molecule has 0 spiro atoms. The van der Waals surface area contributed by atoms with Crippen molar-refractivity contribution in [1.82, 2.24) is 10.2 Å². The normalized spacial score (nSPS) is 36.3. The van der Waals surface area contributed by atoms with Gasteiger partial charge in [-0.25, -0.2) is 0 Å². The van der Waals surface area contributed by atoms with E-state index in [4.69, 9.17) is 4.74 Å². The molecule has 2 fully saturated rings.